The van der Waals surface area contributed by atoms with Crippen molar-refractivity contribution in [2.24, 2.45) is 10.9 Å². The van der Waals surface area contributed by atoms with Gasteiger partial charge in [-0.15, -0.1) is 0 Å². The van der Waals surface area contributed by atoms with E-state index in [1.54, 1.807) is 0 Å². The number of nitrogens with zero attached hydrogens (tertiary/aromatic N) is 3. The number of fused-ring (bicyclic) bond motifs is 1. The fraction of sp³-hybridized carbons (Fsp3) is 0.440. The summed E-state index contributed by atoms with van der Waals surface area (Å²) in [5, 5.41) is 17.6. The average Bonchev–Trinajstić information content (AvgIpc) is 2.78. The summed E-state index contributed by atoms with van der Waals surface area (Å²) in [6, 6.07) is 11.0. The number of hydrogen-bond acceptors (Lipinski definition) is 6. The number of hydrogen-bond donors (Lipinski definition) is 3. The van der Waals surface area contributed by atoms with Crippen LogP contribution in [0.25, 0.3) is 5.57 Å². The van der Waals surface area contributed by atoms with Crippen molar-refractivity contribution in [1.29, 1.82) is 0 Å². The van der Waals surface area contributed by atoms with E-state index in [4.69, 9.17) is 0 Å². The first-order valence-electron chi connectivity index (χ1n) is 11.1. The van der Waals surface area contributed by atoms with E-state index in [0.29, 0.717) is 6.54 Å². The topological polar surface area (TPSA) is 72.8 Å². The van der Waals surface area contributed by atoms with Crippen LogP contribution in [0.15, 0.2) is 47.6 Å². The zero-order chi connectivity index (χ0) is 22.0. The molecule has 1 aromatic carbocycles. The number of rotatable bonds is 6. The molecule has 0 amide bonds. The molecule has 2 aliphatic rings. The molecular formula is C25H33N5O. The van der Waals surface area contributed by atoms with E-state index in [0.717, 1.165) is 36.6 Å². The fourth-order valence-electron chi connectivity index (χ4n) is 4.80. The van der Waals surface area contributed by atoms with Crippen LogP contribution in [-0.2, 0) is 6.54 Å². The Labute approximate surface area is 185 Å². The van der Waals surface area contributed by atoms with Crippen molar-refractivity contribution >= 4 is 23.8 Å². The van der Waals surface area contributed by atoms with Crippen LogP contribution in [0.2, 0.25) is 0 Å². The Morgan fingerprint density at radius 3 is 2.81 bits per heavy atom. The lowest BCUT2D eigenvalue weighted by Crippen LogP contribution is -2.50. The van der Waals surface area contributed by atoms with Gasteiger partial charge in [0.1, 0.15) is 12.0 Å². The molecule has 3 N–H and O–H groups in total. The van der Waals surface area contributed by atoms with Crippen molar-refractivity contribution in [3.05, 3.63) is 59.3 Å². The third-order valence-corrected chi connectivity index (χ3v) is 6.63. The number of aliphatic hydroxyl groups excluding tert-OH is 1. The van der Waals surface area contributed by atoms with E-state index < -0.39 is 6.23 Å². The summed E-state index contributed by atoms with van der Waals surface area (Å²) in [7, 11) is 0. The minimum atomic E-state index is -0.551. The van der Waals surface area contributed by atoms with E-state index in [-0.39, 0.29) is 18.0 Å². The van der Waals surface area contributed by atoms with Gasteiger partial charge in [-0.1, -0.05) is 25.1 Å². The molecule has 6 nitrogen and oxygen atoms in total. The predicted molar refractivity (Wildman–Crippen MR) is 129 cm³/mol. The zero-order valence-corrected chi connectivity index (χ0v) is 18.7. The van der Waals surface area contributed by atoms with E-state index >= 15 is 0 Å². The molecule has 3 heterocycles. The molecule has 0 aliphatic carbocycles. The van der Waals surface area contributed by atoms with E-state index in [2.05, 4.69) is 70.3 Å². The van der Waals surface area contributed by atoms with Gasteiger partial charge in [-0.2, -0.15) is 0 Å². The van der Waals surface area contributed by atoms with Crippen molar-refractivity contribution in [2.45, 2.75) is 52.0 Å². The molecule has 0 bridgehead atoms. The molecular weight excluding hydrogens is 386 g/mol. The molecule has 0 spiro atoms. The van der Waals surface area contributed by atoms with Gasteiger partial charge >= 0.3 is 0 Å². The van der Waals surface area contributed by atoms with Crippen molar-refractivity contribution in [1.82, 2.24) is 10.3 Å². The Bertz CT molecular complexity index is 953. The lowest BCUT2D eigenvalue weighted by atomic mass is 9.81. The second kappa shape index (κ2) is 9.20. The molecule has 0 saturated heterocycles. The Hall–Kier alpha value is -2.70. The largest absolute Gasteiger partial charge is 0.374 e. The Kier molecular flexibility index (Phi) is 6.39. The normalized spacial score (nSPS) is 24.2. The molecule has 164 valence electrons. The maximum Gasteiger partial charge on any atom is 0.126 e. The average molecular weight is 420 g/mol. The Morgan fingerprint density at radius 2 is 2.16 bits per heavy atom. The Balaban J connectivity index is 1.73. The first-order chi connectivity index (χ1) is 15.0. The number of pyridine rings is 1. The summed E-state index contributed by atoms with van der Waals surface area (Å²) in [6.07, 6.45) is 4.62. The molecule has 31 heavy (non-hydrogen) atoms. The van der Waals surface area contributed by atoms with Crippen LogP contribution < -0.4 is 15.5 Å². The highest BCUT2D eigenvalue weighted by Crippen LogP contribution is 2.44. The van der Waals surface area contributed by atoms with Crippen LogP contribution >= 0.6 is 0 Å². The number of benzene rings is 1. The minimum Gasteiger partial charge on any atom is -0.374 e. The lowest BCUT2D eigenvalue weighted by Gasteiger charge is -2.47. The second-order valence-corrected chi connectivity index (χ2v) is 8.65. The number of aliphatic imine (C=N–C) groups is 1. The molecule has 2 aliphatic heterocycles. The number of nitrogens with one attached hydrogen (secondary N) is 2. The van der Waals surface area contributed by atoms with Crippen LogP contribution in [0.5, 0.6) is 0 Å². The molecule has 0 radical (unpaired) electrons. The summed E-state index contributed by atoms with van der Waals surface area (Å²) in [5.74, 6) is 1.12. The molecule has 4 rings (SSSR count). The van der Waals surface area contributed by atoms with Gasteiger partial charge in [0, 0.05) is 30.4 Å². The lowest BCUT2D eigenvalue weighted by molar-refractivity contribution is 0.161. The molecule has 2 aromatic rings. The summed E-state index contributed by atoms with van der Waals surface area (Å²) in [4.78, 5) is 10.7. The van der Waals surface area contributed by atoms with Gasteiger partial charge in [0.25, 0.3) is 0 Å². The van der Waals surface area contributed by atoms with Crippen molar-refractivity contribution in [2.75, 3.05) is 23.3 Å². The van der Waals surface area contributed by atoms with E-state index in [9.17, 15) is 5.11 Å². The van der Waals surface area contributed by atoms with Gasteiger partial charge in [0.05, 0.1) is 12.6 Å². The van der Waals surface area contributed by atoms with Crippen molar-refractivity contribution < 1.29 is 5.11 Å². The highest BCUT2D eigenvalue weighted by Gasteiger charge is 2.38. The van der Waals surface area contributed by atoms with Crippen molar-refractivity contribution in [3.63, 3.8) is 0 Å². The molecule has 1 aromatic heterocycles. The zero-order valence-electron chi connectivity index (χ0n) is 18.7. The van der Waals surface area contributed by atoms with Crippen LogP contribution in [0, 0.1) is 5.92 Å². The van der Waals surface area contributed by atoms with Gasteiger partial charge in [0.2, 0.25) is 0 Å². The minimum absolute atomic E-state index is 0.0955. The second-order valence-electron chi connectivity index (χ2n) is 8.65. The standard InChI is InChI=1S/C25H33N5O/c1-16-17(2)30(18(3)31)23-7-6-21(20-9-11-27-12-10-20)13-22(23)25(16)29-24-8-5-19(14-26-4)15-28-24/h5-9,13,15-18,25,27,31H,4,10-12,14H2,1-3H3,(H,28,29)/t16-,17-,18?,25?/m0/s1. The monoisotopic (exact) mass is 419 g/mol. The highest BCUT2D eigenvalue weighted by molar-refractivity contribution is 5.72. The number of anilines is 2. The van der Waals surface area contributed by atoms with Gasteiger partial charge < -0.3 is 20.6 Å². The van der Waals surface area contributed by atoms with Crippen molar-refractivity contribution in [3.8, 4) is 0 Å². The SMILES string of the molecule is C=NCc1ccc(NC2c3cc(C4=CCNCC4)ccc3N(C(C)O)[C@@H](C)[C@@H]2C)nc1. The van der Waals surface area contributed by atoms with Crippen LogP contribution in [0.4, 0.5) is 11.5 Å². The third kappa shape index (κ3) is 4.36. The first-order valence-corrected chi connectivity index (χ1v) is 11.1. The van der Waals surface area contributed by atoms with E-state index in [1.165, 1.54) is 16.7 Å². The highest BCUT2D eigenvalue weighted by atomic mass is 16.3. The van der Waals surface area contributed by atoms with Crippen LogP contribution in [-0.4, -0.2) is 42.2 Å². The van der Waals surface area contributed by atoms with Gasteiger partial charge in [-0.25, -0.2) is 4.98 Å². The first kappa shape index (κ1) is 21.5. The van der Waals surface area contributed by atoms with Gasteiger partial charge in [-0.3, -0.25) is 4.99 Å². The van der Waals surface area contributed by atoms with Crippen LogP contribution in [0.3, 0.4) is 0 Å². The Morgan fingerprint density at radius 1 is 1.32 bits per heavy atom. The number of aromatic nitrogens is 1. The van der Waals surface area contributed by atoms with Gasteiger partial charge in [-0.05, 0) is 74.0 Å². The third-order valence-electron chi connectivity index (χ3n) is 6.63. The maximum absolute atomic E-state index is 10.5. The van der Waals surface area contributed by atoms with Crippen LogP contribution in [0.1, 0.15) is 49.9 Å². The molecule has 0 fully saturated rings. The molecule has 6 heteroatoms. The molecule has 0 saturated carbocycles. The summed E-state index contributed by atoms with van der Waals surface area (Å²) in [6.45, 7) is 12.3. The quantitative estimate of drug-likeness (QED) is 0.618. The smallest absolute Gasteiger partial charge is 0.126 e. The summed E-state index contributed by atoms with van der Waals surface area (Å²) >= 11 is 0. The fourth-order valence-corrected chi connectivity index (χ4v) is 4.80. The number of aliphatic hydroxyl groups is 1. The van der Waals surface area contributed by atoms with Gasteiger partial charge in [0.15, 0.2) is 0 Å². The summed E-state index contributed by atoms with van der Waals surface area (Å²) < 4.78 is 0. The van der Waals surface area contributed by atoms with E-state index in [1.807, 2.05) is 25.3 Å². The predicted octanol–water partition coefficient (Wildman–Crippen LogP) is 4.00. The molecule has 4 atom stereocenters. The summed E-state index contributed by atoms with van der Waals surface area (Å²) in [5.41, 5.74) is 5.99. The maximum atomic E-state index is 10.5. The molecule has 2 unspecified atom stereocenters.